The van der Waals surface area contributed by atoms with Crippen LogP contribution in [0.1, 0.15) is 33.1 Å². The van der Waals surface area contributed by atoms with Crippen LogP contribution >= 0.6 is 0 Å². The predicted octanol–water partition coefficient (Wildman–Crippen LogP) is 1.78. The molecular weight excluding hydrogens is 188 g/mol. The average Bonchev–Trinajstić information content (AvgIpc) is 2.21. The number of hydrogen-bond donors (Lipinski definition) is 1. The van der Waals surface area contributed by atoms with Crippen LogP contribution in [-0.4, -0.2) is 30.4 Å². The third-order valence-corrected chi connectivity index (χ3v) is 2.53. The maximum Gasteiger partial charge on any atom is 0.239 e. The number of hydrogen-bond acceptors (Lipinski definition) is 2. The van der Waals surface area contributed by atoms with Gasteiger partial charge in [0.2, 0.25) is 5.91 Å². The van der Waals surface area contributed by atoms with Crippen LogP contribution in [0.5, 0.6) is 0 Å². The van der Waals surface area contributed by atoms with E-state index in [-0.39, 0.29) is 17.9 Å². The lowest BCUT2D eigenvalue weighted by Crippen LogP contribution is -2.45. The fraction of sp³-hybridized carbons (Fsp3) is 0.750. The molecular formula is C12H24N2O. The molecule has 0 radical (unpaired) electrons. The zero-order valence-corrected chi connectivity index (χ0v) is 10.2. The van der Waals surface area contributed by atoms with E-state index in [0.717, 1.165) is 25.8 Å². The summed E-state index contributed by atoms with van der Waals surface area (Å²) in [6, 6.07) is -0.366. The van der Waals surface area contributed by atoms with Gasteiger partial charge in [0.25, 0.3) is 0 Å². The van der Waals surface area contributed by atoms with Crippen molar-refractivity contribution >= 4 is 5.91 Å². The second-order valence-electron chi connectivity index (χ2n) is 4.31. The van der Waals surface area contributed by atoms with Crippen LogP contribution in [0.3, 0.4) is 0 Å². The van der Waals surface area contributed by atoms with Crippen molar-refractivity contribution in [2.45, 2.75) is 39.2 Å². The van der Waals surface area contributed by atoms with Gasteiger partial charge in [0, 0.05) is 13.6 Å². The molecule has 1 amide bonds. The maximum absolute atomic E-state index is 11.7. The Morgan fingerprint density at radius 1 is 1.47 bits per heavy atom. The Morgan fingerprint density at radius 2 is 2.07 bits per heavy atom. The average molecular weight is 212 g/mol. The van der Waals surface area contributed by atoms with E-state index in [1.54, 1.807) is 4.90 Å². The van der Waals surface area contributed by atoms with Crippen molar-refractivity contribution in [2.24, 2.45) is 11.7 Å². The highest BCUT2D eigenvalue weighted by atomic mass is 16.2. The van der Waals surface area contributed by atoms with Crippen molar-refractivity contribution in [3.8, 4) is 0 Å². The van der Waals surface area contributed by atoms with Gasteiger partial charge in [-0.15, -0.1) is 6.58 Å². The summed E-state index contributed by atoms with van der Waals surface area (Å²) in [6.45, 7) is 8.38. The molecule has 0 saturated carbocycles. The molecule has 0 aliphatic heterocycles. The third-order valence-electron chi connectivity index (χ3n) is 2.53. The van der Waals surface area contributed by atoms with Gasteiger partial charge in [0.15, 0.2) is 0 Å². The molecule has 3 nitrogen and oxygen atoms in total. The van der Waals surface area contributed by atoms with Crippen molar-refractivity contribution in [3.63, 3.8) is 0 Å². The molecule has 15 heavy (non-hydrogen) atoms. The Hall–Kier alpha value is -0.830. The van der Waals surface area contributed by atoms with Gasteiger partial charge in [-0.1, -0.05) is 19.9 Å². The van der Waals surface area contributed by atoms with Gasteiger partial charge in [-0.3, -0.25) is 4.79 Å². The van der Waals surface area contributed by atoms with Crippen LogP contribution in [0.4, 0.5) is 0 Å². The van der Waals surface area contributed by atoms with Crippen LogP contribution in [0.25, 0.3) is 0 Å². The Morgan fingerprint density at radius 3 is 2.53 bits per heavy atom. The lowest BCUT2D eigenvalue weighted by molar-refractivity contribution is -0.132. The van der Waals surface area contributed by atoms with Crippen molar-refractivity contribution in [2.75, 3.05) is 13.6 Å². The monoisotopic (exact) mass is 212 g/mol. The SMILES string of the molecule is C=CCCCCN(C)C(=O)C(N)C(C)C. The molecule has 88 valence electrons. The minimum atomic E-state index is -0.366. The zero-order valence-electron chi connectivity index (χ0n) is 10.2. The highest BCUT2D eigenvalue weighted by Gasteiger charge is 2.20. The molecule has 0 aliphatic rings. The summed E-state index contributed by atoms with van der Waals surface area (Å²) < 4.78 is 0. The molecule has 0 aromatic rings. The van der Waals surface area contributed by atoms with E-state index in [2.05, 4.69) is 6.58 Å². The molecule has 0 aliphatic carbocycles. The maximum atomic E-state index is 11.7. The van der Waals surface area contributed by atoms with E-state index in [1.165, 1.54) is 0 Å². The van der Waals surface area contributed by atoms with Crippen LogP contribution < -0.4 is 5.73 Å². The van der Waals surface area contributed by atoms with Gasteiger partial charge in [-0.2, -0.15) is 0 Å². The van der Waals surface area contributed by atoms with Gasteiger partial charge in [-0.25, -0.2) is 0 Å². The van der Waals surface area contributed by atoms with Crippen LogP contribution in [0.2, 0.25) is 0 Å². The molecule has 1 unspecified atom stereocenters. The predicted molar refractivity (Wildman–Crippen MR) is 64.5 cm³/mol. The number of carbonyl (C=O) groups is 1. The Bertz CT molecular complexity index is 202. The molecule has 0 saturated heterocycles. The van der Waals surface area contributed by atoms with E-state index in [9.17, 15) is 4.79 Å². The number of amides is 1. The standard InChI is InChI=1S/C12H24N2O/c1-5-6-7-8-9-14(4)12(15)11(13)10(2)3/h5,10-11H,1,6-9,13H2,2-4H3. The number of likely N-dealkylation sites (N-methyl/N-ethyl adjacent to an activating group) is 1. The first-order valence-electron chi connectivity index (χ1n) is 5.62. The fourth-order valence-corrected chi connectivity index (χ4v) is 1.29. The molecule has 0 spiro atoms. The van der Waals surface area contributed by atoms with Crippen LogP contribution in [-0.2, 0) is 4.79 Å². The smallest absolute Gasteiger partial charge is 0.239 e. The summed E-state index contributed by atoms with van der Waals surface area (Å²) in [7, 11) is 1.82. The molecule has 2 N–H and O–H groups in total. The molecule has 0 fully saturated rings. The first kappa shape index (κ1) is 14.2. The van der Waals surface area contributed by atoms with E-state index in [0.29, 0.717) is 0 Å². The summed E-state index contributed by atoms with van der Waals surface area (Å²) in [5.41, 5.74) is 5.78. The van der Waals surface area contributed by atoms with Gasteiger partial charge in [0.1, 0.15) is 0 Å². The molecule has 3 heteroatoms. The molecule has 0 aromatic carbocycles. The lowest BCUT2D eigenvalue weighted by atomic mass is 10.0. The van der Waals surface area contributed by atoms with Gasteiger partial charge >= 0.3 is 0 Å². The van der Waals surface area contributed by atoms with Crippen LogP contribution in [0, 0.1) is 5.92 Å². The number of nitrogens with zero attached hydrogens (tertiary/aromatic N) is 1. The number of unbranched alkanes of at least 4 members (excludes halogenated alkanes) is 2. The Balaban J connectivity index is 3.83. The Labute approximate surface area is 93.3 Å². The minimum Gasteiger partial charge on any atom is -0.344 e. The van der Waals surface area contributed by atoms with Gasteiger partial charge in [0.05, 0.1) is 6.04 Å². The summed E-state index contributed by atoms with van der Waals surface area (Å²) in [4.78, 5) is 13.5. The Kier molecular flexibility index (Phi) is 7.05. The van der Waals surface area contributed by atoms with Gasteiger partial charge in [-0.05, 0) is 25.2 Å². The first-order valence-corrected chi connectivity index (χ1v) is 5.62. The van der Waals surface area contributed by atoms with E-state index < -0.39 is 0 Å². The number of rotatable bonds is 7. The van der Waals surface area contributed by atoms with E-state index >= 15 is 0 Å². The second kappa shape index (κ2) is 7.46. The fourth-order valence-electron chi connectivity index (χ4n) is 1.29. The van der Waals surface area contributed by atoms with Crippen molar-refractivity contribution < 1.29 is 4.79 Å². The molecule has 0 heterocycles. The summed E-state index contributed by atoms with van der Waals surface area (Å²) in [6.07, 6.45) is 5.01. The first-order chi connectivity index (χ1) is 7.00. The van der Waals surface area contributed by atoms with Crippen molar-refractivity contribution in [1.29, 1.82) is 0 Å². The number of allylic oxidation sites excluding steroid dienone is 1. The third kappa shape index (κ3) is 5.57. The summed E-state index contributed by atoms with van der Waals surface area (Å²) >= 11 is 0. The molecule has 1 atom stereocenters. The highest BCUT2D eigenvalue weighted by Crippen LogP contribution is 2.04. The van der Waals surface area contributed by atoms with Crippen molar-refractivity contribution in [3.05, 3.63) is 12.7 Å². The zero-order chi connectivity index (χ0) is 11.8. The number of carbonyl (C=O) groups excluding carboxylic acids is 1. The topological polar surface area (TPSA) is 46.3 Å². The minimum absolute atomic E-state index is 0.0450. The van der Waals surface area contributed by atoms with Gasteiger partial charge < -0.3 is 10.6 Å². The largest absolute Gasteiger partial charge is 0.344 e. The normalized spacial score (nSPS) is 12.6. The highest BCUT2D eigenvalue weighted by molar-refractivity contribution is 5.81. The number of nitrogens with two attached hydrogens (primary N) is 1. The molecule has 0 bridgehead atoms. The summed E-state index contributed by atoms with van der Waals surface area (Å²) in [5, 5.41) is 0. The molecule has 0 rings (SSSR count). The molecule has 0 aromatic heterocycles. The van der Waals surface area contributed by atoms with Crippen molar-refractivity contribution in [1.82, 2.24) is 4.90 Å². The van der Waals surface area contributed by atoms with E-state index in [4.69, 9.17) is 5.73 Å². The summed E-state index contributed by atoms with van der Waals surface area (Å²) in [5.74, 6) is 0.247. The van der Waals surface area contributed by atoms with Crippen LogP contribution in [0.15, 0.2) is 12.7 Å². The van der Waals surface area contributed by atoms with E-state index in [1.807, 2.05) is 27.0 Å². The quantitative estimate of drug-likeness (QED) is 0.516. The second-order valence-corrected chi connectivity index (χ2v) is 4.31. The lowest BCUT2D eigenvalue weighted by Gasteiger charge is -2.23.